The summed E-state index contributed by atoms with van der Waals surface area (Å²) in [7, 11) is 3.79. The normalized spacial score (nSPS) is 9.38. The van der Waals surface area contributed by atoms with Gasteiger partial charge in [0.1, 0.15) is 0 Å². The lowest BCUT2D eigenvalue weighted by atomic mass is 10.4. The molecule has 0 saturated carbocycles. The van der Waals surface area contributed by atoms with Gasteiger partial charge in [0, 0.05) is 26.5 Å². The number of rotatable bonds is 4. The largest absolute Gasteiger partial charge is 0.375 e. The minimum Gasteiger partial charge on any atom is -0.375 e. The Morgan fingerprint density at radius 3 is 2.92 bits per heavy atom. The van der Waals surface area contributed by atoms with Crippen LogP contribution in [0.5, 0.6) is 0 Å². The molecule has 0 fully saturated rings. The van der Waals surface area contributed by atoms with Crippen molar-refractivity contribution < 1.29 is 0 Å². The molecular formula is C9H14N4. The van der Waals surface area contributed by atoms with Crippen molar-refractivity contribution in [3.63, 3.8) is 0 Å². The van der Waals surface area contributed by atoms with Gasteiger partial charge in [-0.2, -0.15) is 0 Å². The summed E-state index contributed by atoms with van der Waals surface area (Å²) in [6.45, 7) is 4.55. The third-order valence-corrected chi connectivity index (χ3v) is 1.77. The van der Waals surface area contributed by atoms with Gasteiger partial charge in [0.2, 0.25) is 0 Å². The average molecular weight is 178 g/mol. The van der Waals surface area contributed by atoms with E-state index in [1.807, 2.05) is 19.0 Å². The van der Waals surface area contributed by atoms with Crippen molar-refractivity contribution in [1.29, 1.82) is 0 Å². The molecule has 0 bridgehead atoms. The second kappa shape index (κ2) is 4.45. The second-order valence-electron chi connectivity index (χ2n) is 2.75. The van der Waals surface area contributed by atoms with Crippen LogP contribution in [0.2, 0.25) is 0 Å². The lowest BCUT2D eigenvalue weighted by Gasteiger charge is -2.20. The molecule has 0 aliphatic carbocycles. The summed E-state index contributed by atoms with van der Waals surface area (Å²) in [6.07, 6.45) is 5.10. The molecule has 0 radical (unpaired) electrons. The van der Waals surface area contributed by atoms with E-state index in [-0.39, 0.29) is 0 Å². The minimum atomic E-state index is 0.716. The molecule has 1 aromatic rings. The van der Waals surface area contributed by atoms with Gasteiger partial charge in [-0.25, -0.2) is 0 Å². The number of hydrogen-bond donors (Lipinski definition) is 1. The maximum Gasteiger partial charge on any atom is 0.0937 e. The summed E-state index contributed by atoms with van der Waals surface area (Å²) in [5.41, 5.74) is 0.932. The Hall–Kier alpha value is -1.58. The quantitative estimate of drug-likeness (QED) is 0.733. The topological polar surface area (TPSA) is 41.0 Å². The molecule has 1 N–H and O–H groups in total. The molecule has 70 valence electrons. The first-order valence-corrected chi connectivity index (χ1v) is 4.06. The van der Waals surface area contributed by atoms with E-state index in [0.29, 0.717) is 6.54 Å². The molecule has 0 atom stereocenters. The SMILES string of the molecule is C=C(NC)N(C)Cc1cnccn1. The van der Waals surface area contributed by atoms with Crippen molar-refractivity contribution in [2.24, 2.45) is 0 Å². The van der Waals surface area contributed by atoms with Gasteiger partial charge in [0.15, 0.2) is 0 Å². The van der Waals surface area contributed by atoms with Crippen molar-refractivity contribution in [3.8, 4) is 0 Å². The van der Waals surface area contributed by atoms with Gasteiger partial charge in [-0.1, -0.05) is 6.58 Å². The van der Waals surface area contributed by atoms with Gasteiger partial charge in [0.05, 0.1) is 24.3 Å². The molecule has 0 saturated heterocycles. The van der Waals surface area contributed by atoms with Crippen LogP contribution in [-0.2, 0) is 6.54 Å². The minimum absolute atomic E-state index is 0.716. The standard InChI is InChI=1S/C9H14N4/c1-8(10-2)13(3)7-9-6-11-4-5-12-9/h4-6,10H,1,7H2,2-3H3. The summed E-state index contributed by atoms with van der Waals surface area (Å²) in [4.78, 5) is 10.1. The maximum atomic E-state index is 4.16. The van der Waals surface area contributed by atoms with Gasteiger partial charge in [-0.05, 0) is 0 Å². The Morgan fingerprint density at radius 1 is 1.62 bits per heavy atom. The highest BCUT2D eigenvalue weighted by molar-refractivity contribution is 4.98. The molecule has 0 spiro atoms. The molecular weight excluding hydrogens is 164 g/mol. The van der Waals surface area contributed by atoms with Crippen LogP contribution in [0.15, 0.2) is 31.0 Å². The third-order valence-electron chi connectivity index (χ3n) is 1.77. The summed E-state index contributed by atoms with van der Waals surface area (Å²) in [5, 5.41) is 2.97. The van der Waals surface area contributed by atoms with Crippen molar-refractivity contribution in [1.82, 2.24) is 20.2 Å². The van der Waals surface area contributed by atoms with E-state index < -0.39 is 0 Å². The van der Waals surface area contributed by atoms with Crippen LogP contribution in [0.1, 0.15) is 5.69 Å². The zero-order chi connectivity index (χ0) is 9.68. The smallest absolute Gasteiger partial charge is 0.0937 e. The molecule has 0 aliphatic heterocycles. The molecule has 0 aliphatic rings. The fourth-order valence-electron chi connectivity index (χ4n) is 0.941. The first-order valence-electron chi connectivity index (χ1n) is 4.06. The number of aromatic nitrogens is 2. The number of hydrogen-bond acceptors (Lipinski definition) is 4. The van der Waals surface area contributed by atoms with E-state index in [4.69, 9.17) is 0 Å². The zero-order valence-corrected chi connectivity index (χ0v) is 7.99. The van der Waals surface area contributed by atoms with Gasteiger partial charge >= 0.3 is 0 Å². The maximum absolute atomic E-state index is 4.16. The predicted molar refractivity (Wildman–Crippen MR) is 51.7 cm³/mol. The first kappa shape index (κ1) is 9.51. The Balaban J connectivity index is 2.55. The van der Waals surface area contributed by atoms with Crippen LogP contribution in [0.25, 0.3) is 0 Å². The van der Waals surface area contributed by atoms with Crippen LogP contribution in [0.4, 0.5) is 0 Å². The van der Waals surface area contributed by atoms with E-state index in [9.17, 15) is 0 Å². The summed E-state index contributed by atoms with van der Waals surface area (Å²) >= 11 is 0. The Bertz CT molecular complexity index is 270. The first-order chi connectivity index (χ1) is 6.24. The van der Waals surface area contributed by atoms with Crippen LogP contribution >= 0.6 is 0 Å². The molecule has 1 heterocycles. The Morgan fingerprint density at radius 2 is 2.38 bits per heavy atom. The lowest BCUT2D eigenvalue weighted by Crippen LogP contribution is -2.25. The Kier molecular flexibility index (Phi) is 3.25. The van der Waals surface area contributed by atoms with Gasteiger partial charge in [-0.3, -0.25) is 9.97 Å². The van der Waals surface area contributed by atoms with E-state index >= 15 is 0 Å². The van der Waals surface area contributed by atoms with Crippen molar-refractivity contribution in [3.05, 3.63) is 36.7 Å². The monoisotopic (exact) mass is 178 g/mol. The highest BCUT2D eigenvalue weighted by Gasteiger charge is 2.01. The fraction of sp³-hybridized carbons (Fsp3) is 0.333. The lowest BCUT2D eigenvalue weighted by molar-refractivity contribution is 0.382. The highest BCUT2D eigenvalue weighted by Crippen LogP contribution is 2.00. The Labute approximate surface area is 78.3 Å². The molecule has 0 aromatic carbocycles. The fourth-order valence-corrected chi connectivity index (χ4v) is 0.941. The van der Waals surface area contributed by atoms with Crippen molar-refractivity contribution in [2.75, 3.05) is 14.1 Å². The van der Waals surface area contributed by atoms with Gasteiger partial charge in [-0.15, -0.1) is 0 Å². The molecule has 0 amide bonds. The van der Waals surface area contributed by atoms with Crippen LogP contribution < -0.4 is 5.32 Å². The average Bonchev–Trinajstić information content (AvgIpc) is 2.18. The van der Waals surface area contributed by atoms with E-state index in [1.54, 1.807) is 18.6 Å². The second-order valence-corrected chi connectivity index (χ2v) is 2.75. The third kappa shape index (κ3) is 2.74. The molecule has 1 aromatic heterocycles. The molecule has 13 heavy (non-hydrogen) atoms. The number of nitrogens with one attached hydrogen (secondary N) is 1. The van der Waals surface area contributed by atoms with Crippen LogP contribution in [0.3, 0.4) is 0 Å². The zero-order valence-electron chi connectivity index (χ0n) is 7.99. The highest BCUT2D eigenvalue weighted by atomic mass is 15.2. The number of nitrogens with zero attached hydrogens (tertiary/aromatic N) is 3. The summed E-state index contributed by atoms with van der Waals surface area (Å²) in [5.74, 6) is 0.866. The van der Waals surface area contributed by atoms with E-state index in [1.165, 1.54) is 0 Å². The van der Waals surface area contributed by atoms with E-state index in [2.05, 4.69) is 21.9 Å². The molecule has 4 nitrogen and oxygen atoms in total. The molecule has 1 rings (SSSR count). The molecule has 0 unspecified atom stereocenters. The van der Waals surface area contributed by atoms with Crippen molar-refractivity contribution in [2.45, 2.75) is 6.54 Å². The van der Waals surface area contributed by atoms with E-state index in [0.717, 1.165) is 11.5 Å². The van der Waals surface area contributed by atoms with Crippen LogP contribution in [0, 0.1) is 0 Å². The summed E-state index contributed by atoms with van der Waals surface area (Å²) < 4.78 is 0. The predicted octanol–water partition coefficient (Wildman–Crippen LogP) is 0.599. The molecule has 4 heteroatoms. The van der Waals surface area contributed by atoms with Gasteiger partial charge < -0.3 is 10.2 Å². The summed E-state index contributed by atoms with van der Waals surface area (Å²) in [6, 6.07) is 0. The van der Waals surface area contributed by atoms with Crippen molar-refractivity contribution >= 4 is 0 Å². The van der Waals surface area contributed by atoms with Crippen LogP contribution in [-0.4, -0.2) is 29.0 Å². The van der Waals surface area contributed by atoms with Gasteiger partial charge in [0.25, 0.3) is 0 Å².